The second-order valence-corrected chi connectivity index (χ2v) is 6.52. The largest absolute Gasteiger partial charge is 0.338 e. The minimum atomic E-state index is 0.107. The molecule has 92 valence electrons. The van der Waals surface area contributed by atoms with Gasteiger partial charge < -0.3 is 4.90 Å². The fourth-order valence-corrected chi connectivity index (χ4v) is 3.30. The van der Waals surface area contributed by atoms with Crippen LogP contribution in [0.2, 0.25) is 0 Å². The summed E-state index contributed by atoms with van der Waals surface area (Å²) >= 11 is 9.63. The molecule has 1 aromatic rings. The highest BCUT2D eigenvalue weighted by atomic mass is 79.9. The zero-order valence-corrected chi connectivity index (χ0v) is 12.7. The van der Waals surface area contributed by atoms with Gasteiger partial charge in [0.2, 0.25) is 0 Å². The second kappa shape index (κ2) is 6.16. The van der Waals surface area contributed by atoms with Gasteiger partial charge in [-0.3, -0.25) is 4.79 Å². The maximum absolute atomic E-state index is 12.4. The Kier molecular flexibility index (Phi) is 4.82. The van der Waals surface area contributed by atoms with Crippen LogP contribution in [0.5, 0.6) is 0 Å². The van der Waals surface area contributed by atoms with E-state index in [1.165, 1.54) is 0 Å². The molecule has 0 unspecified atom stereocenters. The van der Waals surface area contributed by atoms with E-state index in [1.807, 2.05) is 34.9 Å². The molecule has 5 heteroatoms. The van der Waals surface area contributed by atoms with E-state index in [1.54, 1.807) is 0 Å². The van der Waals surface area contributed by atoms with Crippen molar-refractivity contribution < 1.29 is 4.79 Å². The minimum Gasteiger partial charge on any atom is -0.338 e. The lowest BCUT2D eigenvalue weighted by molar-refractivity contribution is 0.0767. The highest BCUT2D eigenvalue weighted by molar-refractivity contribution is 9.10. The minimum absolute atomic E-state index is 0.107. The number of carbonyl (C=O) groups is 1. The number of hydrogen-bond acceptors (Lipinski definition) is 3. The van der Waals surface area contributed by atoms with Gasteiger partial charge in [0, 0.05) is 28.2 Å². The van der Waals surface area contributed by atoms with Crippen LogP contribution in [0.4, 0.5) is 0 Å². The molecule has 1 fully saturated rings. The first-order chi connectivity index (χ1) is 8.18. The normalized spacial score (nSPS) is 16.7. The van der Waals surface area contributed by atoms with Crippen LogP contribution in [0, 0.1) is 0 Å². The van der Waals surface area contributed by atoms with E-state index < -0.39 is 0 Å². The Morgan fingerprint density at radius 2 is 2.18 bits per heavy atom. The summed E-state index contributed by atoms with van der Waals surface area (Å²) in [6.45, 7) is 1.70. The maximum atomic E-state index is 12.4. The molecular formula is C12H14BrNOS2. The van der Waals surface area contributed by atoms with Crippen molar-refractivity contribution in [2.75, 3.05) is 24.6 Å². The molecule has 0 spiro atoms. The van der Waals surface area contributed by atoms with E-state index in [9.17, 15) is 4.79 Å². The summed E-state index contributed by atoms with van der Waals surface area (Å²) in [5.74, 6) is 2.29. The zero-order valence-electron chi connectivity index (χ0n) is 9.36. The Labute approximate surface area is 120 Å². The molecule has 1 aliphatic heterocycles. The molecule has 2 rings (SSSR count). The highest BCUT2D eigenvalue weighted by Crippen LogP contribution is 2.23. The van der Waals surface area contributed by atoms with E-state index in [4.69, 9.17) is 0 Å². The first-order valence-electron chi connectivity index (χ1n) is 5.54. The van der Waals surface area contributed by atoms with Gasteiger partial charge in [0.1, 0.15) is 0 Å². The SMILES string of the molecule is O=C(c1cc(S)ccc1Br)N1CCCSCC1. The van der Waals surface area contributed by atoms with Crippen LogP contribution in [-0.2, 0) is 0 Å². The highest BCUT2D eigenvalue weighted by Gasteiger charge is 2.19. The van der Waals surface area contributed by atoms with Crippen LogP contribution in [0.15, 0.2) is 27.6 Å². The van der Waals surface area contributed by atoms with Gasteiger partial charge in [-0.2, -0.15) is 11.8 Å². The van der Waals surface area contributed by atoms with Gasteiger partial charge in [-0.05, 0) is 46.3 Å². The third-order valence-electron chi connectivity index (χ3n) is 2.69. The number of halogens is 1. The number of hydrogen-bond donors (Lipinski definition) is 1. The van der Waals surface area contributed by atoms with Gasteiger partial charge in [-0.15, -0.1) is 12.6 Å². The Balaban J connectivity index is 2.20. The molecule has 0 aromatic heterocycles. The number of nitrogens with zero attached hydrogens (tertiary/aromatic N) is 1. The van der Waals surface area contributed by atoms with Gasteiger partial charge in [0.15, 0.2) is 0 Å². The van der Waals surface area contributed by atoms with Crippen LogP contribution in [0.1, 0.15) is 16.8 Å². The van der Waals surface area contributed by atoms with Crippen LogP contribution in [-0.4, -0.2) is 35.4 Å². The molecule has 1 saturated heterocycles. The van der Waals surface area contributed by atoms with E-state index in [0.717, 1.165) is 40.4 Å². The maximum Gasteiger partial charge on any atom is 0.255 e. The fourth-order valence-electron chi connectivity index (χ4n) is 1.80. The number of thioether (sulfide) groups is 1. The molecule has 0 bridgehead atoms. The number of thiol groups is 1. The number of carbonyl (C=O) groups excluding carboxylic acids is 1. The average molecular weight is 332 g/mol. The van der Waals surface area contributed by atoms with E-state index in [-0.39, 0.29) is 5.91 Å². The van der Waals surface area contributed by atoms with Crippen molar-refractivity contribution in [1.82, 2.24) is 4.90 Å². The number of rotatable bonds is 1. The third kappa shape index (κ3) is 3.42. The predicted molar refractivity (Wildman–Crippen MR) is 79.2 cm³/mol. The van der Waals surface area contributed by atoms with Gasteiger partial charge >= 0.3 is 0 Å². The van der Waals surface area contributed by atoms with Crippen molar-refractivity contribution in [2.45, 2.75) is 11.3 Å². The molecule has 0 N–H and O–H groups in total. The molecule has 2 nitrogen and oxygen atoms in total. The van der Waals surface area contributed by atoms with Crippen molar-refractivity contribution in [3.05, 3.63) is 28.2 Å². The summed E-state index contributed by atoms with van der Waals surface area (Å²) in [6, 6.07) is 5.58. The lowest BCUT2D eigenvalue weighted by Crippen LogP contribution is -2.33. The number of amides is 1. The summed E-state index contributed by atoms with van der Waals surface area (Å²) in [5, 5.41) is 0. The van der Waals surface area contributed by atoms with Gasteiger partial charge in [0.25, 0.3) is 5.91 Å². The molecule has 0 aliphatic carbocycles. The molecular weight excluding hydrogens is 318 g/mol. The number of benzene rings is 1. The van der Waals surface area contributed by atoms with Crippen molar-refractivity contribution in [3.63, 3.8) is 0 Å². The summed E-state index contributed by atoms with van der Waals surface area (Å²) in [5.41, 5.74) is 0.712. The molecule has 0 atom stereocenters. The Morgan fingerprint density at radius 1 is 1.35 bits per heavy atom. The first-order valence-corrected chi connectivity index (χ1v) is 7.93. The summed E-state index contributed by atoms with van der Waals surface area (Å²) in [6.07, 6.45) is 1.08. The van der Waals surface area contributed by atoms with Crippen molar-refractivity contribution in [1.29, 1.82) is 0 Å². The van der Waals surface area contributed by atoms with Crippen LogP contribution < -0.4 is 0 Å². The first kappa shape index (κ1) is 13.3. The summed E-state index contributed by atoms with van der Waals surface area (Å²) in [4.78, 5) is 15.1. The Bertz CT molecular complexity index is 417. The molecule has 1 aromatic carbocycles. The summed E-state index contributed by atoms with van der Waals surface area (Å²) in [7, 11) is 0. The van der Waals surface area contributed by atoms with Gasteiger partial charge in [-0.25, -0.2) is 0 Å². The van der Waals surface area contributed by atoms with E-state index in [0.29, 0.717) is 5.56 Å². The van der Waals surface area contributed by atoms with Gasteiger partial charge in [-0.1, -0.05) is 0 Å². The van der Waals surface area contributed by atoms with Crippen molar-refractivity contribution >= 4 is 46.2 Å². The van der Waals surface area contributed by atoms with Crippen LogP contribution >= 0.6 is 40.3 Å². The van der Waals surface area contributed by atoms with E-state index >= 15 is 0 Å². The predicted octanol–water partition coefficient (Wildman–Crippen LogP) is 3.32. The lowest BCUT2D eigenvalue weighted by Gasteiger charge is -2.20. The lowest BCUT2D eigenvalue weighted by atomic mass is 10.2. The molecule has 0 saturated carbocycles. The Hall–Kier alpha value is -0.130. The van der Waals surface area contributed by atoms with Crippen LogP contribution in [0.25, 0.3) is 0 Å². The monoisotopic (exact) mass is 331 g/mol. The smallest absolute Gasteiger partial charge is 0.255 e. The molecule has 1 amide bonds. The van der Waals surface area contributed by atoms with E-state index in [2.05, 4.69) is 28.6 Å². The fraction of sp³-hybridized carbons (Fsp3) is 0.417. The molecule has 0 radical (unpaired) electrons. The average Bonchev–Trinajstić information content (AvgIpc) is 2.60. The Morgan fingerprint density at radius 3 is 3.00 bits per heavy atom. The topological polar surface area (TPSA) is 20.3 Å². The zero-order chi connectivity index (χ0) is 12.3. The van der Waals surface area contributed by atoms with Gasteiger partial charge in [0.05, 0.1) is 5.56 Å². The molecule has 17 heavy (non-hydrogen) atoms. The molecule has 1 heterocycles. The molecule has 1 aliphatic rings. The van der Waals surface area contributed by atoms with Crippen molar-refractivity contribution in [2.24, 2.45) is 0 Å². The third-order valence-corrected chi connectivity index (χ3v) is 4.71. The quantitative estimate of drug-likeness (QED) is 0.796. The standard InChI is InChI=1S/C12H14BrNOS2/c13-11-3-2-9(16)8-10(11)12(15)14-4-1-6-17-7-5-14/h2-3,8,16H,1,4-7H2. The summed E-state index contributed by atoms with van der Waals surface area (Å²) < 4.78 is 0.845. The van der Waals surface area contributed by atoms with Crippen LogP contribution in [0.3, 0.4) is 0 Å². The second-order valence-electron chi connectivity index (χ2n) is 3.92. The van der Waals surface area contributed by atoms with Crippen molar-refractivity contribution in [3.8, 4) is 0 Å².